The van der Waals surface area contributed by atoms with E-state index in [0.717, 1.165) is 22.0 Å². The number of thioether (sulfide) groups is 1. The van der Waals surface area contributed by atoms with Gasteiger partial charge in [0.2, 0.25) is 0 Å². The van der Waals surface area contributed by atoms with E-state index in [-0.39, 0.29) is 0 Å². The molecule has 0 radical (unpaired) electrons. The van der Waals surface area contributed by atoms with Gasteiger partial charge in [-0.15, -0.1) is 11.8 Å². The first-order valence-corrected chi connectivity index (χ1v) is 7.78. The minimum absolute atomic E-state index is 0.478. The Labute approximate surface area is 128 Å². The molecule has 3 N–H and O–H groups in total. The minimum atomic E-state index is 0.478. The van der Waals surface area contributed by atoms with Crippen molar-refractivity contribution in [2.75, 3.05) is 24.7 Å². The van der Waals surface area contributed by atoms with Crippen LogP contribution < -0.4 is 15.8 Å². The summed E-state index contributed by atoms with van der Waals surface area (Å²) in [6, 6.07) is 15.6. The molecule has 0 aliphatic heterocycles. The number of anilines is 2. The van der Waals surface area contributed by atoms with Crippen molar-refractivity contribution in [3.05, 3.63) is 48.0 Å². The van der Waals surface area contributed by atoms with Crippen molar-refractivity contribution in [1.29, 1.82) is 5.26 Å². The molecule has 0 saturated heterocycles. The predicted octanol–water partition coefficient (Wildman–Crippen LogP) is 3.36. The lowest BCUT2D eigenvalue weighted by Gasteiger charge is -2.12. The van der Waals surface area contributed by atoms with Gasteiger partial charge in [-0.3, -0.25) is 0 Å². The smallest absolute Gasteiger partial charge is 0.121 e. The zero-order chi connectivity index (χ0) is 15.1. The highest BCUT2D eigenvalue weighted by Crippen LogP contribution is 2.29. The van der Waals surface area contributed by atoms with Crippen LogP contribution in [0, 0.1) is 11.3 Å². The van der Waals surface area contributed by atoms with Gasteiger partial charge in [-0.05, 0) is 30.5 Å². The van der Waals surface area contributed by atoms with Crippen LogP contribution >= 0.6 is 11.8 Å². The van der Waals surface area contributed by atoms with Crippen LogP contribution in [0.2, 0.25) is 0 Å². The second-order valence-electron chi connectivity index (χ2n) is 4.28. The van der Waals surface area contributed by atoms with Gasteiger partial charge in [0.05, 0.1) is 11.3 Å². The van der Waals surface area contributed by atoms with Gasteiger partial charge in [-0.2, -0.15) is 5.26 Å². The molecule has 0 bridgehead atoms. The van der Waals surface area contributed by atoms with Gasteiger partial charge in [-0.25, -0.2) is 0 Å². The van der Waals surface area contributed by atoms with Crippen molar-refractivity contribution in [3.8, 4) is 11.8 Å². The van der Waals surface area contributed by atoms with E-state index in [9.17, 15) is 5.26 Å². The van der Waals surface area contributed by atoms with E-state index in [2.05, 4.69) is 11.4 Å². The highest BCUT2D eigenvalue weighted by molar-refractivity contribution is 7.98. The van der Waals surface area contributed by atoms with Gasteiger partial charge < -0.3 is 15.8 Å². The van der Waals surface area contributed by atoms with Crippen LogP contribution in [0.4, 0.5) is 11.4 Å². The van der Waals surface area contributed by atoms with Gasteiger partial charge in [0.1, 0.15) is 18.4 Å². The summed E-state index contributed by atoms with van der Waals surface area (Å²) in [5.74, 6) is 0.755. The predicted molar refractivity (Wildman–Crippen MR) is 87.2 cm³/mol. The summed E-state index contributed by atoms with van der Waals surface area (Å²) >= 11 is 1.56. The average molecular weight is 299 g/mol. The summed E-state index contributed by atoms with van der Waals surface area (Å²) in [7, 11) is 0. The third-order valence-electron chi connectivity index (χ3n) is 2.86. The summed E-state index contributed by atoms with van der Waals surface area (Å²) in [6.07, 6.45) is 1.96. The lowest BCUT2D eigenvalue weighted by atomic mass is 10.2. The largest absolute Gasteiger partial charge is 0.492 e. The number of nitrogens with two attached hydrogens (primary N) is 1. The summed E-state index contributed by atoms with van der Waals surface area (Å²) < 4.78 is 5.50. The van der Waals surface area contributed by atoms with Crippen molar-refractivity contribution < 1.29 is 4.74 Å². The molecule has 0 aliphatic rings. The fourth-order valence-electron chi connectivity index (χ4n) is 1.92. The lowest BCUT2D eigenvalue weighted by Crippen LogP contribution is -2.10. The van der Waals surface area contributed by atoms with Gasteiger partial charge in [0, 0.05) is 23.2 Å². The van der Waals surface area contributed by atoms with Crippen molar-refractivity contribution in [1.82, 2.24) is 0 Å². The SMILES string of the molecule is CSc1cccc(Nc2cccc(OCCN)c2)c1C#N. The van der Waals surface area contributed by atoms with Crippen LogP contribution in [-0.2, 0) is 0 Å². The molecule has 0 heterocycles. The molecule has 0 fully saturated rings. The Balaban J connectivity index is 2.24. The first-order valence-electron chi connectivity index (χ1n) is 6.55. The molecule has 0 amide bonds. The fourth-order valence-corrected chi connectivity index (χ4v) is 2.49. The quantitative estimate of drug-likeness (QED) is 0.800. The molecule has 2 rings (SSSR count). The zero-order valence-electron chi connectivity index (χ0n) is 11.8. The third kappa shape index (κ3) is 3.91. The van der Waals surface area contributed by atoms with Crippen molar-refractivity contribution in [2.24, 2.45) is 5.73 Å². The molecule has 0 spiro atoms. The number of hydrogen-bond acceptors (Lipinski definition) is 5. The molecule has 21 heavy (non-hydrogen) atoms. The molecule has 0 unspecified atom stereocenters. The summed E-state index contributed by atoms with van der Waals surface area (Å²) in [5.41, 5.74) is 7.75. The molecular formula is C16H17N3OS. The van der Waals surface area contributed by atoms with E-state index in [0.29, 0.717) is 18.7 Å². The van der Waals surface area contributed by atoms with Crippen LogP contribution in [0.15, 0.2) is 47.4 Å². The maximum atomic E-state index is 9.34. The Morgan fingerprint density at radius 1 is 1.29 bits per heavy atom. The monoisotopic (exact) mass is 299 g/mol. The van der Waals surface area contributed by atoms with Gasteiger partial charge >= 0.3 is 0 Å². The van der Waals surface area contributed by atoms with E-state index >= 15 is 0 Å². The Hall–Kier alpha value is -2.16. The van der Waals surface area contributed by atoms with Gasteiger partial charge in [-0.1, -0.05) is 12.1 Å². The molecule has 108 valence electrons. The first-order chi connectivity index (χ1) is 10.3. The van der Waals surface area contributed by atoms with Crippen molar-refractivity contribution in [3.63, 3.8) is 0 Å². The number of nitriles is 1. The number of nitrogens with zero attached hydrogens (tertiary/aromatic N) is 1. The number of ether oxygens (including phenoxy) is 1. The molecule has 0 aliphatic carbocycles. The highest BCUT2D eigenvalue weighted by atomic mass is 32.2. The number of rotatable bonds is 6. The maximum absolute atomic E-state index is 9.34. The summed E-state index contributed by atoms with van der Waals surface area (Å²) in [5, 5.41) is 12.6. The molecule has 0 aromatic heterocycles. The standard InChI is InChI=1S/C16H17N3OS/c1-21-16-7-3-6-15(14(16)11-18)19-12-4-2-5-13(10-12)20-9-8-17/h2-7,10,19H,8-9,17H2,1H3. The van der Waals surface area contributed by atoms with Crippen LogP contribution in [0.1, 0.15) is 5.56 Å². The van der Waals surface area contributed by atoms with Crippen LogP contribution in [0.25, 0.3) is 0 Å². The summed E-state index contributed by atoms with van der Waals surface area (Å²) in [6.45, 7) is 0.959. The Morgan fingerprint density at radius 3 is 2.81 bits per heavy atom. The maximum Gasteiger partial charge on any atom is 0.121 e. The lowest BCUT2D eigenvalue weighted by molar-refractivity contribution is 0.328. The number of hydrogen-bond donors (Lipinski definition) is 2. The van der Waals surface area contributed by atoms with E-state index in [1.54, 1.807) is 11.8 Å². The van der Waals surface area contributed by atoms with E-state index in [4.69, 9.17) is 10.5 Å². The second-order valence-corrected chi connectivity index (χ2v) is 5.13. The van der Waals surface area contributed by atoms with Crippen LogP contribution in [-0.4, -0.2) is 19.4 Å². The first kappa shape index (κ1) is 15.2. The topological polar surface area (TPSA) is 71.1 Å². The Bertz CT molecular complexity index is 652. The van der Waals surface area contributed by atoms with E-state index in [1.807, 2.05) is 48.7 Å². The molecule has 5 heteroatoms. The molecule has 0 saturated carbocycles. The van der Waals surface area contributed by atoms with E-state index < -0.39 is 0 Å². The van der Waals surface area contributed by atoms with Crippen LogP contribution in [0.3, 0.4) is 0 Å². The highest BCUT2D eigenvalue weighted by Gasteiger charge is 2.07. The molecular weight excluding hydrogens is 282 g/mol. The average Bonchev–Trinajstić information content (AvgIpc) is 2.53. The fraction of sp³-hybridized carbons (Fsp3) is 0.188. The normalized spacial score (nSPS) is 9.95. The van der Waals surface area contributed by atoms with Crippen molar-refractivity contribution >= 4 is 23.1 Å². The van der Waals surface area contributed by atoms with Gasteiger partial charge in [0.25, 0.3) is 0 Å². The van der Waals surface area contributed by atoms with Crippen molar-refractivity contribution in [2.45, 2.75) is 4.90 Å². The Kier molecular flexibility index (Phi) is 5.50. The number of nitrogens with one attached hydrogen (secondary N) is 1. The minimum Gasteiger partial charge on any atom is -0.492 e. The zero-order valence-corrected chi connectivity index (χ0v) is 12.6. The van der Waals surface area contributed by atoms with Crippen LogP contribution in [0.5, 0.6) is 5.75 Å². The van der Waals surface area contributed by atoms with E-state index in [1.165, 1.54) is 0 Å². The molecule has 4 nitrogen and oxygen atoms in total. The Morgan fingerprint density at radius 2 is 2.10 bits per heavy atom. The van der Waals surface area contributed by atoms with Gasteiger partial charge in [0.15, 0.2) is 0 Å². The molecule has 2 aromatic rings. The number of benzene rings is 2. The second kappa shape index (κ2) is 7.58. The third-order valence-corrected chi connectivity index (χ3v) is 3.64. The summed E-state index contributed by atoms with van der Waals surface area (Å²) in [4.78, 5) is 0.957. The molecule has 2 aromatic carbocycles. The molecule has 0 atom stereocenters.